The smallest absolute Gasteiger partial charge is 0.314 e. The summed E-state index contributed by atoms with van der Waals surface area (Å²) in [5.74, 6) is -0.548. The summed E-state index contributed by atoms with van der Waals surface area (Å²) < 4.78 is 51.6. The summed E-state index contributed by atoms with van der Waals surface area (Å²) in [6, 6.07) is 3.58. The van der Waals surface area contributed by atoms with E-state index < -0.39 is 24.5 Å². The number of benzene rings is 1. The molecule has 0 unspecified atom stereocenters. The summed E-state index contributed by atoms with van der Waals surface area (Å²) in [6.45, 7) is 2.59. The third-order valence-corrected chi connectivity index (χ3v) is 3.85. The molecule has 0 aromatic heterocycles. The highest BCUT2D eigenvalue weighted by molar-refractivity contribution is 6.30. The molecule has 0 saturated carbocycles. The number of nitrogens with zero attached hydrogens (tertiary/aromatic N) is 1. The van der Waals surface area contributed by atoms with E-state index in [1.807, 2.05) is 4.90 Å². The Morgan fingerprint density at radius 3 is 2.30 bits per heavy atom. The molecule has 1 atom stereocenters. The van der Waals surface area contributed by atoms with Gasteiger partial charge in [0, 0.05) is 49.2 Å². The molecule has 0 spiro atoms. The van der Waals surface area contributed by atoms with Gasteiger partial charge in [0.25, 0.3) is 0 Å². The Balaban J connectivity index is 0.00000242. The van der Waals surface area contributed by atoms with E-state index in [9.17, 15) is 17.6 Å². The maximum absolute atomic E-state index is 14.1. The zero-order valence-electron chi connectivity index (χ0n) is 12.2. The maximum atomic E-state index is 14.1. The van der Waals surface area contributed by atoms with Crippen LogP contribution < -0.4 is 5.32 Å². The molecule has 1 aliphatic rings. The van der Waals surface area contributed by atoms with Crippen LogP contribution in [0.1, 0.15) is 24.4 Å². The molecular weight excluding hydrogens is 379 g/mol. The topological polar surface area (TPSA) is 15.3 Å². The second-order valence-corrected chi connectivity index (χ2v) is 5.56. The highest BCUT2D eigenvalue weighted by Crippen LogP contribution is 2.33. The van der Waals surface area contributed by atoms with E-state index in [0.717, 1.165) is 6.07 Å². The van der Waals surface area contributed by atoms with E-state index in [1.165, 1.54) is 12.1 Å². The molecule has 0 radical (unpaired) electrons. The molecule has 0 aliphatic carbocycles. The van der Waals surface area contributed by atoms with Crippen LogP contribution in [-0.2, 0) is 0 Å². The fourth-order valence-corrected chi connectivity index (χ4v) is 2.76. The number of halogens is 7. The van der Waals surface area contributed by atoms with Gasteiger partial charge in [0.15, 0.2) is 0 Å². The third-order valence-electron chi connectivity index (χ3n) is 3.62. The number of nitrogens with one attached hydrogen (secondary N) is 1. The Kier molecular flexibility index (Phi) is 9.77. The predicted molar refractivity (Wildman–Crippen MR) is 88.4 cm³/mol. The van der Waals surface area contributed by atoms with Crippen molar-refractivity contribution in [3.8, 4) is 0 Å². The molecule has 134 valence electrons. The Labute approximate surface area is 150 Å². The monoisotopic (exact) mass is 396 g/mol. The van der Waals surface area contributed by atoms with Crippen molar-refractivity contribution in [3.63, 3.8) is 0 Å². The fourth-order valence-electron chi connectivity index (χ4n) is 2.60. The molecular formula is C14H19Cl3F4N2. The van der Waals surface area contributed by atoms with Crippen LogP contribution >= 0.6 is 36.4 Å². The Bertz CT molecular complexity index is 480. The van der Waals surface area contributed by atoms with E-state index in [-0.39, 0.29) is 41.8 Å². The standard InChI is InChI=1S/C14H17ClF4N2.2ClH/c15-10-1-2-11(12(16)9-10)13(3-4-14(17,18)19)21-7-5-20-6-8-21;;/h1-2,9,13,20H,3-8H2;2*1H/t13-;;/m1../s1. The van der Waals surface area contributed by atoms with E-state index >= 15 is 0 Å². The molecule has 9 heteroatoms. The van der Waals surface area contributed by atoms with Gasteiger partial charge in [-0.2, -0.15) is 13.2 Å². The average Bonchev–Trinajstić information content (AvgIpc) is 2.41. The summed E-state index contributed by atoms with van der Waals surface area (Å²) >= 11 is 5.71. The second-order valence-electron chi connectivity index (χ2n) is 5.12. The minimum Gasteiger partial charge on any atom is -0.314 e. The lowest BCUT2D eigenvalue weighted by Crippen LogP contribution is -2.45. The molecule has 1 fully saturated rings. The zero-order chi connectivity index (χ0) is 15.5. The van der Waals surface area contributed by atoms with Gasteiger partial charge in [-0.3, -0.25) is 4.90 Å². The van der Waals surface area contributed by atoms with Gasteiger partial charge >= 0.3 is 6.18 Å². The molecule has 2 nitrogen and oxygen atoms in total. The average molecular weight is 398 g/mol. The SMILES string of the molecule is Cl.Cl.Fc1cc(Cl)ccc1[C@@H](CCC(F)(F)F)N1CCNCC1. The van der Waals surface area contributed by atoms with Crippen LogP contribution in [0.3, 0.4) is 0 Å². The van der Waals surface area contributed by atoms with E-state index in [1.54, 1.807) is 0 Å². The van der Waals surface area contributed by atoms with Crippen molar-refractivity contribution in [3.05, 3.63) is 34.6 Å². The van der Waals surface area contributed by atoms with Crippen molar-refractivity contribution >= 4 is 36.4 Å². The van der Waals surface area contributed by atoms with Gasteiger partial charge in [0.2, 0.25) is 0 Å². The third kappa shape index (κ3) is 7.01. The van der Waals surface area contributed by atoms with Crippen molar-refractivity contribution in [1.29, 1.82) is 0 Å². The first-order valence-corrected chi connectivity index (χ1v) is 7.21. The lowest BCUT2D eigenvalue weighted by atomic mass is 9.98. The van der Waals surface area contributed by atoms with Crippen molar-refractivity contribution in [2.75, 3.05) is 26.2 Å². The summed E-state index contributed by atoms with van der Waals surface area (Å²) in [5.41, 5.74) is 0.283. The highest BCUT2D eigenvalue weighted by Gasteiger charge is 2.32. The molecule has 2 rings (SSSR count). The molecule has 0 amide bonds. The molecule has 1 aromatic carbocycles. The van der Waals surface area contributed by atoms with Crippen LogP contribution in [0.25, 0.3) is 0 Å². The van der Waals surface area contributed by atoms with E-state index in [2.05, 4.69) is 5.32 Å². The Hall–Kier alpha value is -0.270. The molecule has 1 N–H and O–H groups in total. The van der Waals surface area contributed by atoms with Crippen molar-refractivity contribution in [1.82, 2.24) is 10.2 Å². The molecule has 1 aromatic rings. The molecule has 1 saturated heterocycles. The van der Waals surface area contributed by atoms with Crippen molar-refractivity contribution in [2.24, 2.45) is 0 Å². The van der Waals surface area contributed by atoms with Crippen LogP contribution in [0, 0.1) is 5.82 Å². The number of piperazine rings is 1. The first-order chi connectivity index (χ1) is 9.87. The summed E-state index contributed by atoms with van der Waals surface area (Å²) in [5, 5.41) is 3.38. The van der Waals surface area contributed by atoms with Crippen LogP contribution in [0.2, 0.25) is 5.02 Å². The number of rotatable bonds is 4. The van der Waals surface area contributed by atoms with Crippen LogP contribution in [0.4, 0.5) is 17.6 Å². The quantitative estimate of drug-likeness (QED) is 0.746. The number of hydrogen-bond acceptors (Lipinski definition) is 2. The summed E-state index contributed by atoms with van der Waals surface area (Å²) in [7, 11) is 0. The van der Waals surface area contributed by atoms with Gasteiger partial charge in [0.05, 0.1) is 0 Å². The lowest BCUT2D eigenvalue weighted by Gasteiger charge is -2.35. The summed E-state index contributed by atoms with van der Waals surface area (Å²) in [4.78, 5) is 1.90. The number of alkyl halides is 3. The number of hydrogen-bond donors (Lipinski definition) is 1. The van der Waals surface area contributed by atoms with Crippen molar-refractivity contribution < 1.29 is 17.6 Å². The Morgan fingerprint density at radius 2 is 1.78 bits per heavy atom. The van der Waals surface area contributed by atoms with Crippen LogP contribution in [0.15, 0.2) is 18.2 Å². The van der Waals surface area contributed by atoms with Gasteiger partial charge in [0.1, 0.15) is 5.82 Å². The maximum Gasteiger partial charge on any atom is 0.389 e. The minimum atomic E-state index is -4.24. The minimum absolute atomic E-state index is 0. The van der Waals surface area contributed by atoms with Crippen LogP contribution in [0.5, 0.6) is 0 Å². The Morgan fingerprint density at radius 1 is 1.17 bits per heavy atom. The van der Waals surface area contributed by atoms with Crippen LogP contribution in [-0.4, -0.2) is 37.3 Å². The lowest BCUT2D eigenvalue weighted by molar-refractivity contribution is -0.138. The molecule has 1 heterocycles. The molecule has 1 aliphatic heterocycles. The second kappa shape index (κ2) is 9.89. The van der Waals surface area contributed by atoms with E-state index in [4.69, 9.17) is 11.6 Å². The first kappa shape index (κ1) is 22.7. The fraction of sp³-hybridized carbons (Fsp3) is 0.571. The van der Waals surface area contributed by atoms with Gasteiger partial charge in [-0.05, 0) is 18.6 Å². The normalized spacial score (nSPS) is 17.1. The zero-order valence-corrected chi connectivity index (χ0v) is 14.6. The predicted octanol–water partition coefficient (Wildman–Crippen LogP) is 4.61. The van der Waals surface area contributed by atoms with E-state index in [0.29, 0.717) is 26.2 Å². The van der Waals surface area contributed by atoms with Gasteiger partial charge < -0.3 is 5.32 Å². The van der Waals surface area contributed by atoms with Gasteiger partial charge in [-0.1, -0.05) is 17.7 Å². The summed E-state index contributed by atoms with van der Waals surface area (Å²) in [6.07, 6.45) is -5.32. The van der Waals surface area contributed by atoms with Gasteiger partial charge in [-0.25, -0.2) is 4.39 Å². The van der Waals surface area contributed by atoms with Gasteiger partial charge in [-0.15, -0.1) is 24.8 Å². The highest BCUT2D eigenvalue weighted by atomic mass is 35.5. The molecule has 23 heavy (non-hydrogen) atoms. The van der Waals surface area contributed by atoms with Crippen molar-refractivity contribution in [2.45, 2.75) is 25.1 Å². The molecule has 0 bridgehead atoms. The first-order valence-electron chi connectivity index (χ1n) is 6.83. The largest absolute Gasteiger partial charge is 0.389 e.